The van der Waals surface area contributed by atoms with Crippen molar-refractivity contribution in [3.05, 3.63) is 5.01 Å². The standard InChI is InChI=1S/C15H24N4O2S/c1-10-16-17-15(22-10)19-8-11-6-13(14(20)7-12(11)9-19)18-2-4-21-5-3-18/h11-14,20H,2-9H2,1H3/t11-,12+,13-,14-/m1/s1. The molecule has 3 heterocycles. The molecule has 0 aromatic carbocycles. The molecule has 4 atom stereocenters. The number of ether oxygens (including phenoxy) is 1. The Hall–Kier alpha value is -0.760. The van der Waals surface area contributed by atoms with Gasteiger partial charge in [0.15, 0.2) is 0 Å². The van der Waals surface area contributed by atoms with Gasteiger partial charge in [0.2, 0.25) is 5.13 Å². The zero-order chi connectivity index (χ0) is 15.1. The van der Waals surface area contributed by atoms with Crippen molar-refractivity contribution in [3.63, 3.8) is 0 Å². The van der Waals surface area contributed by atoms with E-state index in [1.54, 1.807) is 11.3 Å². The van der Waals surface area contributed by atoms with Gasteiger partial charge in [0.25, 0.3) is 0 Å². The predicted octanol–water partition coefficient (Wildman–Crippen LogP) is 0.754. The highest BCUT2D eigenvalue weighted by atomic mass is 32.1. The SMILES string of the molecule is Cc1nnc(N2C[C@H]3C[C@@H](N4CCOCC4)[C@H](O)C[C@H]3C2)s1. The number of aliphatic hydroxyl groups excluding tert-OH is 1. The highest BCUT2D eigenvalue weighted by Crippen LogP contribution is 2.40. The topological polar surface area (TPSA) is 61.7 Å². The molecule has 22 heavy (non-hydrogen) atoms. The van der Waals surface area contributed by atoms with Crippen LogP contribution in [0, 0.1) is 18.8 Å². The maximum atomic E-state index is 10.6. The van der Waals surface area contributed by atoms with Crippen LogP contribution in [-0.2, 0) is 4.74 Å². The summed E-state index contributed by atoms with van der Waals surface area (Å²) >= 11 is 1.67. The Labute approximate surface area is 135 Å². The number of morpholine rings is 1. The van der Waals surface area contributed by atoms with Gasteiger partial charge in [-0.25, -0.2) is 0 Å². The van der Waals surface area contributed by atoms with Gasteiger partial charge in [-0.05, 0) is 31.6 Å². The van der Waals surface area contributed by atoms with Crippen LogP contribution in [0.5, 0.6) is 0 Å². The van der Waals surface area contributed by atoms with Crippen molar-refractivity contribution in [3.8, 4) is 0 Å². The van der Waals surface area contributed by atoms with Crippen molar-refractivity contribution in [2.45, 2.75) is 31.9 Å². The molecule has 0 amide bonds. The van der Waals surface area contributed by atoms with E-state index in [0.29, 0.717) is 17.9 Å². The Morgan fingerprint density at radius 1 is 1.14 bits per heavy atom. The number of hydrogen-bond acceptors (Lipinski definition) is 7. The van der Waals surface area contributed by atoms with E-state index in [4.69, 9.17) is 4.74 Å². The molecule has 2 aliphatic heterocycles. The number of anilines is 1. The monoisotopic (exact) mass is 324 g/mol. The first-order valence-corrected chi connectivity index (χ1v) is 9.07. The van der Waals surface area contributed by atoms with Gasteiger partial charge < -0.3 is 14.7 Å². The first-order chi connectivity index (χ1) is 10.7. The summed E-state index contributed by atoms with van der Waals surface area (Å²) in [5.74, 6) is 1.26. The Morgan fingerprint density at radius 2 is 1.86 bits per heavy atom. The Bertz CT molecular complexity index is 519. The maximum Gasteiger partial charge on any atom is 0.208 e. The summed E-state index contributed by atoms with van der Waals surface area (Å²) in [5, 5.41) is 21.1. The molecule has 122 valence electrons. The van der Waals surface area contributed by atoms with E-state index >= 15 is 0 Å². The lowest BCUT2D eigenvalue weighted by Gasteiger charge is -2.43. The second-order valence-corrected chi connectivity index (χ2v) is 7.94. The van der Waals surface area contributed by atoms with Gasteiger partial charge in [0, 0.05) is 32.2 Å². The molecule has 6 nitrogen and oxygen atoms in total. The summed E-state index contributed by atoms with van der Waals surface area (Å²) in [6, 6.07) is 0.307. The molecule has 0 bridgehead atoms. The maximum absolute atomic E-state index is 10.6. The molecule has 3 fully saturated rings. The molecule has 0 radical (unpaired) electrons. The third-order valence-corrected chi connectivity index (χ3v) is 6.31. The predicted molar refractivity (Wildman–Crippen MR) is 85.3 cm³/mol. The van der Waals surface area contributed by atoms with Gasteiger partial charge in [-0.15, -0.1) is 10.2 Å². The van der Waals surface area contributed by atoms with Crippen molar-refractivity contribution >= 4 is 16.5 Å². The highest BCUT2D eigenvalue weighted by molar-refractivity contribution is 7.15. The number of aromatic nitrogens is 2. The van der Waals surface area contributed by atoms with Crippen LogP contribution in [0.25, 0.3) is 0 Å². The summed E-state index contributed by atoms with van der Waals surface area (Å²) < 4.78 is 5.44. The fourth-order valence-electron chi connectivity index (χ4n) is 4.28. The number of fused-ring (bicyclic) bond motifs is 1. The third kappa shape index (κ3) is 2.75. The molecular formula is C15H24N4O2S. The summed E-state index contributed by atoms with van der Waals surface area (Å²) in [5.41, 5.74) is 0. The molecule has 1 N–H and O–H groups in total. The van der Waals surface area contributed by atoms with Crippen LogP contribution in [0.3, 0.4) is 0 Å². The fraction of sp³-hybridized carbons (Fsp3) is 0.867. The van der Waals surface area contributed by atoms with Crippen molar-refractivity contribution in [1.82, 2.24) is 15.1 Å². The molecule has 0 unspecified atom stereocenters. The molecule has 7 heteroatoms. The lowest BCUT2D eigenvalue weighted by molar-refractivity contribution is -0.0520. The number of aryl methyl sites for hydroxylation is 1. The second-order valence-electron chi connectivity index (χ2n) is 6.78. The van der Waals surface area contributed by atoms with Crippen molar-refractivity contribution < 1.29 is 9.84 Å². The van der Waals surface area contributed by atoms with Gasteiger partial charge in [-0.1, -0.05) is 11.3 Å². The summed E-state index contributed by atoms with van der Waals surface area (Å²) in [4.78, 5) is 4.80. The molecule has 1 saturated carbocycles. The zero-order valence-corrected chi connectivity index (χ0v) is 13.8. The van der Waals surface area contributed by atoms with E-state index < -0.39 is 0 Å². The highest BCUT2D eigenvalue weighted by Gasteiger charge is 2.44. The second kappa shape index (κ2) is 6.03. The van der Waals surface area contributed by atoms with E-state index in [2.05, 4.69) is 20.0 Å². The zero-order valence-electron chi connectivity index (χ0n) is 13.0. The van der Waals surface area contributed by atoms with Crippen molar-refractivity contribution in [2.24, 2.45) is 11.8 Å². The van der Waals surface area contributed by atoms with E-state index in [9.17, 15) is 5.11 Å². The quantitative estimate of drug-likeness (QED) is 0.866. The largest absolute Gasteiger partial charge is 0.391 e. The van der Waals surface area contributed by atoms with E-state index in [1.807, 2.05) is 6.92 Å². The molecule has 0 spiro atoms. The number of aliphatic hydroxyl groups is 1. The van der Waals surface area contributed by atoms with E-state index in [0.717, 1.165) is 62.4 Å². The minimum Gasteiger partial charge on any atom is -0.391 e. The molecule has 3 aliphatic rings. The minimum atomic E-state index is -0.199. The van der Waals surface area contributed by atoms with Crippen LogP contribution in [0.15, 0.2) is 0 Å². The van der Waals surface area contributed by atoms with E-state index in [-0.39, 0.29) is 6.10 Å². The van der Waals surface area contributed by atoms with Crippen LogP contribution >= 0.6 is 11.3 Å². The van der Waals surface area contributed by atoms with Crippen LogP contribution in [-0.4, -0.2) is 71.7 Å². The fourth-order valence-corrected chi connectivity index (χ4v) is 4.98. The summed E-state index contributed by atoms with van der Waals surface area (Å²) in [6.45, 7) is 7.60. The number of hydrogen-bond donors (Lipinski definition) is 1. The lowest BCUT2D eigenvalue weighted by Crippen LogP contribution is -2.53. The van der Waals surface area contributed by atoms with Gasteiger partial charge >= 0.3 is 0 Å². The van der Waals surface area contributed by atoms with Gasteiger partial charge in [0.1, 0.15) is 5.01 Å². The van der Waals surface area contributed by atoms with Crippen LogP contribution in [0.4, 0.5) is 5.13 Å². The van der Waals surface area contributed by atoms with Crippen molar-refractivity contribution in [2.75, 3.05) is 44.3 Å². The Kier molecular flexibility index (Phi) is 4.06. The molecular weight excluding hydrogens is 300 g/mol. The normalized spacial score (nSPS) is 36.5. The lowest BCUT2D eigenvalue weighted by atomic mass is 9.77. The molecule has 1 aromatic rings. The average molecular weight is 324 g/mol. The van der Waals surface area contributed by atoms with Crippen LogP contribution in [0.1, 0.15) is 17.8 Å². The van der Waals surface area contributed by atoms with Gasteiger partial charge in [0.05, 0.1) is 19.3 Å². The average Bonchev–Trinajstić information content (AvgIpc) is 3.13. The van der Waals surface area contributed by atoms with Gasteiger partial charge in [-0.2, -0.15) is 0 Å². The number of rotatable bonds is 2. The van der Waals surface area contributed by atoms with E-state index in [1.165, 1.54) is 0 Å². The molecule has 1 aliphatic carbocycles. The number of nitrogens with zero attached hydrogens (tertiary/aromatic N) is 4. The summed E-state index contributed by atoms with van der Waals surface area (Å²) in [7, 11) is 0. The molecule has 2 saturated heterocycles. The van der Waals surface area contributed by atoms with Crippen LogP contribution in [0.2, 0.25) is 0 Å². The summed E-state index contributed by atoms with van der Waals surface area (Å²) in [6.07, 6.45) is 1.82. The van der Waals surface area contributed by atoms with Crippen molar-refractivity contribution in [1.29, 1.82) is 0 Å². The molecule has 4 rings (SSSR count). The van der Waals surface area contributed by atoms with Crippen LogP contribution < -0.4 is 4.90 Å². The first-order valence-electron chi connectivity index (χ1n) is 8.25. The minimum absolute atomic E-state index is 0.199. The molecule has 1 aromatic heterocycles. The van der Waals surface area contributed by atoms with Gasteiger partial charge in [-0.3, -0.25) is 4.90 Å². The smallest absolute Gasteiger partial charge is 0.208 e. The Balaban J connectivity index is 1.44. The first kappa shape index (κ1) is 14.8. The Morgan fingerprint density at radius 3 is 2.55 bits per heavy atom. The third-order valence-electron chi connectivity index (χ3n) is 5.41.